The zero-order valence-corrected chi connectivity index (χ0v) is 14.2. The Morgan fingerprint density at radius 1 is 0.960 bits per heavy atom. The van der Waals surface area contributed by atoms with Crippen LogP contribution in [0.25, 0.3) is 10.8 Å². The normalized spacial score (nSPS) is 12.2. The van der Waals surface area contributed by atoms with Crippen LogP contribution in [-0.4, -0.2) is 21.0 Å². The van der Waals surface area contributed by atoms with E-state index in [0.29, 0.717) is 6.54 Å². The van der Waals surface area contributed by atoms with Gasteiger partial charge < -0.3 is 24.3 Å². The van der Waals surface area contributed by atoms with Gasteiger partial charge in [-0.1, -0.05) is 24.3 Å². The van der Waals surface area contributed by atoms with E-state index < -0.39 is 0 Å². The minimum Gasteiger partial charge on any atom is -0.493 e. The molecule has 128 valence electrons. The van der Waals surface area contributed by atoms with E-state index in [1.807, 2.05) is 36.4 Å². The van der Waals surface area contributed by atoms with Crippen LogP contribution in [0.3, 0.4) is 0 Å². The lowest BCUT2D eigenvalue weighted by Crippen LogP contribution is -2.03. The molecule has 1 aliphatic rings. The summed E-state index contributed by atoms with van der Waals surface area (Å²) in [5.41, 5.74) is 2.06. The number of para-hydroxylation sites is 1. The van der Waals surface area contributed by atoms with Crippen molar-refractivity contribution in [3.05, 3.63) is 54.1 Å². The number of benzene rings is 3. The van der Waals surface area contributed by atoms with E-state index in [1.165, 1.54) is 0 Å². The van der Waals surface area contributed by atoms with Crippen molar-refractivity contribution in [1.29, 1.82) is 0 Å². The van der Waals surface area contributed by atoms with Crippen LogP contribution >= 0.6 is 0 Å². The zero-order chi connectivity index (χ0) is 17.2. The van der Waals surface area contributed by atoms with Gasteiger partial charge in [0, 0.05) is 23.2 Å². The van der Waals surface area contributed by atoms with Gasteiger partial charge >= 0.3 is 0 Å². The molecule has 0 atom stereocenters. The van der Waals surface area contributed by atoms with E-state index in [4.69, 9.17) is 18.9 Å². The molecular formula is C20H19NO4. The lowest BCUT2D eigenvalue weighted by atomic mass is 10.1. The van der Waals surface area contributed by atoms with Crippen molar-refractivity contribution >= 4 is 16.5 Å². The second kappa shape index (κ2) is 6.43. The Hall–Kier alpha value is -3.08. The fourth-order valence-electron chi connectivity index (χ4n) is 3.10. The second-order valence-electron chi connectivity index (χ2n) is 5.74. The number of fused-ring (bicyclic) bond motifs is 2. The molecule has 1 N–H and O–H groups in total. The molecule has 0 aliphatic carbocycles. The standard InChI is InChI=1S/C20H19NO4/c1-22-17-8-4-6-14(20(17)23-2)11-21-16-7-3-5-13-9-18-19(10-15(13)16)25-12-24-18/h3-10,21H,11-12H2,1-2H3. The summed E-state index contributed by atoms with van der Waals surface area (Å²) < 4.78 is 21.8. The Balaban J connectivity index is 1.66. The van der Waals surface area contributed by atoms with E-state index in [2.05, 4.69) is 17.4 Å². The van der Waals surface area contributed by atoms with Gasteiger partial charge in [0.25, 0.3) is 0 Å². The molecule has 3 aromatic rings. The summed E-state index contributed by atoms with van der Waals surface area (Å²) in [5.74, 6) is 3.04. The minimum atomic E-state index is 0.273. The van der Waals surface area contributed by atoms with Crippen molar-refractivity contribution in [2.24, 2.45) is 0 Å². The van der Waals surface area contributed by atoms with Crippen molar-refractivity contribution in [1.82, 2.24) is 0 Å². The second-order valence-corrected chi connectivity index (χ2v) is 5.74. The van der Waals surface area contributed by atoms with Gasteiger partial charge in [0.2, 0.25) is 6.79 Å². The molecule has 0 spiro atoms. The number of hydrogen-bond donors (Lipinski definition) is 1. The molecule has 4 rings (SSSR count). The molecule has 1 aliphatic heterocycles. The Bertz CT molecular complexity index is 923. The van der Waals surface area contributed by atoms with Gasteiger partial charge in [-0.2, -0.15) is 0 Å². The monoisotopic (exact) mass is 337 g/mol. The molecular weight excluding hydrogens is 318 g/mol. The molecule has 1 heterocycles. The first-order chi connectivity index (χ1) is 12.3. The topological polar surface area (TPSA) is 49.0 Å². The molecule has 0 fully saturated rings. The van der Waals surface area contributed by atoms with Crippen molar-refractivity contribution < 1.29 is 18.9 Å². The highest BCUT2D eigenvalue weighted by Gasteiger charge is 2.16. The summed E-state index contributed by atoms with van der Waals surface area (Å²) in [5, 5.41) is 5.68. The van der Waals surface area contributed by atoms with E-state index in [9.17, 15) is 0 Å². The predicted octanol–water partition coefficient (Wildman–Crippen LogP) is 4.20. The van der Waals surface area contributed by atoms with Gasteiger partial charge in [-0.3, -0.25) is 0 Å². The summed E-state index contributed by atoms with van der Waals surface area (Å²) >= 11 is 0. The highest BCUT2D eigenvalue weighted by atomic mass is 16.7. The first kappa shape index (κ1) is 15.4. The molecule has 25 heavy (non-hydrogen) atoms. The van der Waals surface area contributed by atoms with Crippen LogP contribution in [0.2, 0.25) is 0 Å². The molecule has 5 heteroatoms. The largest absolute Gasteiger partial charge is 0.493 e. The van der Waals surface area contributed by atoms with Crippen LogP contribution in [-0.2, 0) is 6.54 Å². The molecule has 3 aromatic carbocycles. The molecule has 0 amide bonds. The maximum Gasteiger partial charge on any atom is 0.231 e. The number of ether oxygens (including phenoxy) is 4. The molecule has 0 unspecified atom stereocenters. The fourth-order valence-corrected chi connectivity index (χ4v) is 3.10. The van der Waals surface area contributed by atoms with Crippen LogP contribution in [0.5, 0.6) is 23.0 Å². The Morgan fingerprint density at radius 3 is 2.56 bits per heavy atom. The highest BCUT2D eigenvalue weighted by Crippen LogP contribution is 2.39. The summed E-state index contributed by atoms with van der Waals surface area (Å²) in [6.07, 6.45) is 0. The van der Waals surface area contributed by atoms with Crippen LogP contribution in [0.15, 0.2) is 48.5 Å². The Labute approximate surface area is 146 Å². The molecule has 0 saturated heterocycles. The summed E-state index contributed by atoms with van der Waals surface area (Å²) in [6.45, 7) is 0.892. The van der Waals surface area contributed by atoms with Gasteiger partial charge in [-0.15, -0.1) is 0 Å². The van der Waals surface area contributed by atoms with Gasteiger partial charge in [0.1, 0.15) is 0 Å². The molecule has 0 aromatic heterocycles. The van der Waals surface area contributed by atoms with Gasteiger partial charge in [-0.05, 0) is 29.7 Å². The van der Waals surface area contributed by atoms with E-state index in [-0.39, 0.29) is 6.79 Å². The SMILES string of the molecule is COc1cccc(CNc2cccc3cc4c(cc23)OCO4)c1OC. The molecule has 0 bridgehead atoms. The van der Waals surface area contributed by atoms with Crippen molar-refractivity contribution in [2.75, 3.05) is 26.3 Å². The van der Waals surface area contributed by atoms with Crippen LogP contribution < -0.4 is 24.3 Å². The van der Waals surface area contributed by atoms with Crippen molar-refractivity contribution in [3.63, 3.8) is 0 Å². The summed E-state index contributed by atoms with van der Waals surface area (Å²) in [7, 11) is 3.29. The highest BCUT2D eigenvalue weighted by molar-refractivity contribution is 5.96. The average molecular weight is 337 g/mol. The first-order valence-electron chi connectivity index (χ1n) is 8.06. The molecule has 0 radical (unpaired) electrons. The predicted molar refractivity (Wildman–Crippen MR) is 96.9 cm³/mol. The van der Waals surface area contributed by atoms with Gasteiger partial charge in [0.05, 0.1) is 14.2 Å². The Morgan fingerprint density at radius 2 is 1.76 bits per heavy atom. The number of methoxy groups -OCH3 is 2. The third-order valence-corrected chi connectivity index (χ3v) is 4.33. The zero-order valence-electron chi connectivity index (χ0n) is 14.2. The number of hydrogen-bond acceptors (Lipinski definition) is 5. The van der Waals surface area contributed by atoms with Gasteiger partial charge in [0.15, 0.2) is 23.0 Å². The van der Waals surface area contributed by atoms with E-state index >= 15 is 0 Å². The van der Waals surface area contributed by atoms with Crippen LogP contribution in [0, 0.1) is 0 Å². The molecule has 0 saturated carbocycles. The third-order valence-electron chi connectivity index (χ3n) is 4.33. The maximum atomic E-state index is 5.50. The number of rotatable bonds is 5. The van der Waals surface area contributed by atoms with E-state index in [1.54, 1.807) is 14.2 Å². The smallest absolute Gasteiger partial charge is 0.231 e. The van der Waals surface area contributed by atoms with Crippen molar-refractivity contribution in [3.8, 4) is 23.0 Å². The third kappa shape index (κ3) is 2.78. The summed E-state index contributed by atoms with van der Waals surface area (Å²) in [6, 6.07) is 16.0. The lowest BCUT2D eigenvalue weighted by Gasteiger charge is -2.15. The van der Waals surface area contributed by atoms with E-state index in [0.717, 1.165) is 45.0 Å². The first-order valence-corrected chi connectivity index (χ1v) is 8.06. The van der Waals surface area contributed by atoms with Crippen molar-refractivity contribution in [2.45, 2.75) is 6.54 Å². The number of anilines is 1. The number of nitrogens with one attached hydrogen (secondary N) is 1. The quantitative estimate of drug-likeness (QED) is 0.756. The average Bonchev–Trinajstić information content (AvgIpc) is 3.11. The Kier molecular flexibility index (Phi) is 3.98. The fraction of sp³-hybridized carbons (Fsp3) is 0.200. The van der Waals surface area contributed by atoms with Crippen LogP contribution in [0.4, 0.5) is 5.69 Å². The van der Waals surface area contributed by atoms with Gasteiger partial charge in [-0.25, -0.2) is 0 Å². The summed E-state index contributed by atoms with van der Waals surface area (Å²) in [4.78, 5) is 0. The lowest BCUT2D eigenvalue weighted by molar-refractivity contribution is 0.174. The molecule has 5 nitrogen and oxygen atoms in total. The minimum absolute atomic E-state index is 0.273. The maximum absolute atomic E-state index is 5.50. The van der Waals surface area contributed by atoms with Crippen LogP contribution in [0.1, 0.15) is 5.56 Å².